The molecule has 0 saturated heterocycles. The van der Waals surface area contributed by atoms with E-state index >= 15 is 0 Å². The molecule has 0 fully saturated rings. The quantitative estimate of drug-likeness (QED) is 0.524. The number of carbonyl (C=O) groups is 1. The smallest absolute Gasteiger partial charge is 0.337 e. The summed E-state index contributed by atoms with van der Waals surface area (Å²) in [4.78, 5) is 27.0. The summed E-state index contributed by atoms with van der Waals surface area (Å²) >= 11 is 6.48. The van der Waals surface area contributed by atoms with Crippen molar-refractivity contribution in [2.24, 2.45) is 0 Å². The number of nitrogens with zero attached hydrogens (tertiary/aromatic N) is 1. The van der Waals surface area contributed by atoms with Crippen molar-refractivity contribution in [2.45, 2.75) is 12.5 Å². The van der Waals surface area contributed by atoms with E-state index in [1.54, 1.807) is 0 Å². The first-order valence-corrected chi connectivity index (χ1v) is 9.16. The van der Waals surface area contributed by atoms with Crippen molar-refractivity contribution in [3.63, 3.8) is 0 Å². The maximum absolute atomic E-state index is 12.4. The van der Waals surface area contributed by atoms with Crippen LogP contribution in [0.2, 0.25) is 5.02 Å². The molecule has 28 heavy (non-hydrogen) atoms. The average molecular weight is 393 g/mol. The van der Waals surface area contributed by atoms with Gasteiger partial charge in [-0.15, -0.1) is 0 Å². The second-order valence-corrected chi connectivity index (χ2v) is 6.98. The van der Waals surface area contributed by atoms with Gasteiger partial charge in [-0.25, -0.2) is 4.79 Å². The van der Waals surface area contributed by atoms with Crippen molar-refractivity contribution >= 4 is 28.5 Å². The maximum Gasteiger partial charge on any atom is 0.337 e. The van der Waals surface area contributed by atoms with Crippen LogP contribution in [-0.2, 0) is 6.54 Å². The molecule has 0 aliphatic heterocycles. The fraction of sp³-hybridized carbons (Fsp3) is 0.0909. The number of fused-ring (bicyclic) bond motifs is 1. The molecule has 0 unspecified atom stereocenters. The normalized spacial score (nSPS) is 12.2. The highest BCUT2D eigenvalue weighted by molar-refractivity contribution is 6.31. The number of pyridine rings is 1. The van der Waals surface area contributed by atoms with Gasteiger partial charge < -0.3 is 14.7 Å². The number of aromatic amines is 1. The summed E-state index contributed by atoms with van der Waals surface area (Å²) in [6, 6.07) is 18.0. The van der Waals surface area contributed by atoms with Crippen LogP contribution in [0.5, 0.6) is 0 Å². The Morgan fingerprint density at radius 1 is 1.04 bits per heavy atom. The van der Waals surface area contributed by atoms with Crippen molar-refractivity contribution in [2.75, 3.05) is 0 Å². The molecule has 140 valence electrons. The fourth-order valence-corrected chi connectivity index (χ4v) is 3.77. The van der Waals surface area contributed by atoms with E-state index in [4.69, 9.17) is 11.6 Å². The minimum absolute atomic E-state index is 0.0661. The zero-order valence-electron chi connectivity index (χ0n) is 14.8. The lowest BCUT2D eigenvalue weighted by molar-refractivity contribution is 0.0695. The predicted octanol–water partition coefficient (Wildman–Crippen LogP) is 4.51. The SMILES string of the molecule is O=C(O)c1ccc(=O)n(C[C@H](c2ccccc2Cl)c2c[nH]c3ccccc23)c1. The van der Waals surface area contributed by atoms with E-state index in [2.05, 4.69) is 4.98 Å². The van der Waals surface area contributed by atoms with Gasteiger partial charge in [0.1, 0.15) is 0 Å². The molecule has 0 saturated carbocycles. The van der Waals surface area contributed by atoms with E-state index in [1.165, 1.54) is 22.9 Å². The molecule has 4 rings (SSSR count). The van der Waals surface area contributed by atoms with Gasteiger partial charge in [0.25, 0.3) is 5.56 Å². The van der Waals surface area contributed by atoms with Crippen molar-refractivity contribution < 1.29 is 9.90 Å². The average Bonchev–Trinajstić information content (AvgIpc) is 3.12. The monoisotopic (exact) mass is 392 g/mol. The number of aromatic nitrogens is 2. The molecule has 6 heteroatoms. The number of halogens is 1. The maximum atomic E-state index is 12.4. The highest BCUT2D eigenvalue weighted by Crippen LogP contribution is 2.35. The zero-order chi connectivity index (χ0) is 19.7. The number of nitrogens with one attached hydrogen (secondary N) is 1. The van der Waals surface area contributed by atoms with E-state index in [1.807, 2.05) is 54.7 Å². The van der Waals surface area contributed by atoms with Crippen LogP contribution >= 0.6 is 11.6 Å². The molecule has 4 aromatic rings. The number of benzene rings is 2. The van der Waals surface area contributed by atoms with Gasteiger partial charge in [0.15, 0.2) is 0 Å². The minimum atomic E-state index is -1.07. The van der Waals surface area contributed by atoms with Crippen LogP contribution in [0.3, 0.4) is 0 Å². The molecule has 0 radical (unpaired) electrons. The van der Waals surface area contributed by atoms with Crippen LogP contribution in [-0.4, -0.2) is 20.6 Å². The molecule has 2 N–H and O–H groups in total. The summed E-state index contributed by atoms with van der Waals surface area (Å²) in [5.74, 6) is -1.30. The number of rotatable bonds is 5. The molecule has 0 amide bonds. The van der Waals surface area contributed by atoms with E-state index in [-0.39, 0.29) is 23.6 Å². The summed E-state index contributed by atoms with van der Waals surface area (Å²) in [6.45, 7) is 0.269. The van der Waals surface area contributed by atoms with Crippen LogP contribution in [0.4, 0.5) is 0 Å². The van der Waals surface area contributed by atoms with Crippen molar-refractivity contribution in [1.29, 1.82) is 0 Å². The summed E-state index contributed by atoms with van der Waals surface area (Å²) < 4.78 is 1.43. The van der Waals surface area contributed by atoms with Gasteiger partial charge in [0, 0.05) is 46.8 Å². The molecule has 5 nitrogen and oxygen atoms in total. The van der Waals surface area contributed by atoms with Crippen LogP contribution in [0.25, 0.3) is 10.9 Å². The number of carboxylic acid groups (broad SMARTS) is 1. The summed E-state index contributed by atoms with van der Waals surface area (Å²) in [5, 5.41) is 10.9. The Labute approximate surface area is 165 Å². The summed E-state index contributed by atoms with van der Waals surface area (Å²) in [5.41, 5.74) is 2.66. The number of hydrogen-bond acceptors (Lipinski definition) is 2. The molecule has 2 aromatic carbocycles. The molecule has 1 atom stereocenters. The van der Waals surface area contributed by atoms with Gasteiger partial charge >= 0.3 is 5.97 Å². The topological polar surface area (TPSA) is 75.1 Å². The second-order valence-electron chi connectivity index (χ2n) is 6.58. The van der Waals surface area contributed by atoms with Gasteiger partial charge in [0.05, 0.1) is 5.56 Å². The predicted molar refractivity (Wildman–Crippen MR) is 109 cm³/mol. The van der Waals surface area contributed by atoms with Gasteiger partial charge in [-0.05, 0) is 29.3 Å². The Bertz CT molecular complexity index is 1230. The molecular formula is C22H17ClN2O3. The van der Waals surface area contributed by atoms with E-state index in [0.717, 1.165) is 22.0 Å². The van der Waals surface area contributed by atoms with Crippen LogP contribution < -0.4 is 5.56 Å². The highest BCUT2D eigenvalue weighted by atomic mass is 35.5. The zero-order valence-corrected chi connectivity index (χ0v) is 15.6. The van der Waals surface area contributed by atoms with E-state index in [9.17, 15) is 14.7 Å². The number of H-pyrrole nitrogens is 1. The number of carboxylic acids is 1. The Morgan fingerprint density at radius 3 is 2.57 bits per heavy atom. The van der Waals surface area contributed by atoms with Gasteiger partial charge in [-0.3, -0.25) is 4.79 Å². The van der Waals surface area contributed by atoms with Crippen LogP contribution in [0.15, 0.2) is 77.9 Å². The first-order chi connectivity index (χ1) is 13.5. The summed E-state index contributed by atoms with van der Waals surface area (Å²) in [7, 11) is 0. The lowest BCUT2D eigenvalue weighted by Gasteiger charge is -2.20. The van der Waals surface area contributed by atoms with Gasteiger partial charge in [-0.1, -0.05) is 48.0 Å². The Hall–Kier alpha value is -3.31. The third-order valence-electron chi connectivity index (χ3n) is 4.89. The number of para-hydroxylation sites is 1. The molecule has 0 bridgehead atoms. The highest BCUT2D eigenvalue weighted by Gasteiger charge is 2.21. The van der Waals surface area contributed by atoms with Crippen molar-refractivity contribution in [1.82, 2.24) is 9.55 Å². The Kier molecular flexibility index (Phi) is 4.75. The van der Waals surface area contributed by atoms with Crippen LogP contribution in [0.1, 0.15) is 27.4 Å². The van der Waals surface area contributed by atoms with E-state index < -0.39 is 5.97 Å². The second kappa shape index (κ2) is 7.37. The first-order valence-electron chi connectivity index (χ1n) is 8.79. The molecule has 2 aromatic heterocycles. The first kappa shape index (κ1) is 18.1. The third kappa shape index (κ3) is 3.32. The molecule has 0 spiro atoms. The Morgan fingerprint density at radius 2 is 1.79 bits per heavy atom. The largest absolute Gasteiger partial charge is 0.478 e. The van der Waals surface area contributed by atoms with Crippen LogP contribution in [0, 0.1) is 0 Å². The molecular weight excluding hydrogens is 376 g/mol. The van der Waals surface area contributed by atoms with E-state index in [0.29, 0.717) is 5.02 Å². The van der Waals surface area contributed by atoms with Gasteiger partial charge in [-0.2, -0.15) is 0 Å². The number of aromatic carboxylic acids is 1. The summed E-state index contributed by atoms with van der Waals surface area (Å²) in [6.07, 6.45) is 3.30. The minimum Gasteiger partial charge on any atom is -0.478 e. The van der Waals surface area contributed by atoms with Crippen molar-refractivity contribution in [3.05, 3.63) is 105 Å². The lowest BCUT2D eigenvalue weighted by Crippen LogP contribution is -2.24. The standard InChI is InChI=1S/C22H17ClN2O3/c23-19-7-3-1-5-15(19)18(17-11-24-20-8-4-2-6-16(17)20)13-25-12-14(22(27)28)9-10-21(25)26/h1-12,18,24H,13H2,(H,27,28)/t18-/m1/s1. The Balaban J connectivity index is 1.88. The molecule has 2 heterocycles. The number of hydrogen-bond donors (Lipinski definition) is 2. The fourth-order valence-electron chi connectivity index (χ4n) is 3.50. The van der Waals surface area contributed by atoms with Gasteiger partial charge in [0.2, 0.25) is 0 Å². The molecule has 0 aliphatic carbocycles. The molecule has 0 aliphatic rings. The third-order valence-corrected chi connectivity index (χ3v) is 5.23. The van der Waals surface area contributed by atoms with Crippen molar-refractivity contribution in [3.8, 4) is 0 Å². The lowest BCUT2D eigenvalue weighted by atomic mass is 9.90.